The second-order valence-electron chi connectivity index (χ2n) is 3.66. The molecule has 1 heterocycles. The summed E-state index contributed by atoms with van der Waals surface area (Å²) < 4.78 is 37.1. The first kappa shape index (κ1) is 16.5. The van der Waals surface area contributed by atoms with Gasteiger partial charge in [-0.1, -0.05) is 23.2 Å². The molecule has 0 saturated heterocycles. The van der Waals surface area contributed by atoms with Crippen molar-refractivity contribution in [2.75, 3.05) is 13.1 Å². The fourth-order valence-corrected chi connectivity index (χ4v) is 1.67. The first-order valence-electron chi connectivity index (χ1n) is 4.99. The third-order valence-electron chi connectivity index (χ3n) is 2.04. The van der Waals surface area contributed by atoms with Gasteiger partial charge in [-0.15, -0.1) is 0 Å². The largest absolute Gasteiger partial charge is 0.480 e. The topological polar surface area (TPSA) is 70.5 Å². The first-order chi connectivity index (χ1) is 9.10. The number of alkyl halides is 3. The Kier molecular flexibility index (Phi) is 5.18. The number of hydrogen-bond acceptors (Lipinski definition) is 3. The van der Waals surface area contributed by atoms with E-state index in [9.17, 15) is 22.8 Å². The summed E-state index contributed by atoms with van der Waals surface area (Å²) in [5, 5.41) is 8.19. The molecule has 110 valence electrons. The Morgan fingerprint density at radius 3 is 2.45 bits per heavy atom. The van der Waals surface area contributed by atoms with Crippen LogP contribution in [0.25, 0.3) is 0 Å². The normalized spacial score (nSPS) is 11.2. The number of carboxylic acids is 1. The molecule has 0 spiro atoms. The van der Waals surface area contributed by atoms with Crippen LogP contribution in [0.5, 0.6) is 0 Å². The summed E-state index contributed by atoms with van der Waals surface area (Å²) in [5.41, 5.74) is -0.350. The van der Waals surface area contributed by atoms with Crippen molar-refractivity contribution in [3.05, 3.63) is 28.0 Å². The van der Waals surface area contributed by atoms with Crippen LogP contribution in [0.4, 0.5) is 13.2 Å². The molecule has 0 fully saturated rings. The Morgan fingerprint density at radius 1 is 1.35 bits per heavy atom. The molecule has 0 atom stereocenters. The summed E-state index contributed by atoms with van der Waals surface area (Å²) >= 11 is 11.2. The molecule has 1 aromatic heterocycles. The van der Waals surface area contributed by atoms with Crippen molar-refractivity contribution >= 4 is 35.1 Å². The van der Waals surface area contributed by atoms with Gasteiger partial charge < -0.3 is 10.0 Å². The smallest absolute Gasteiger partial charge is 0.406 e. The van der Waals surface area contributed by atoms with Crippen molar-refractivity contribution in [2.45, 2.75) is 6.18 Å². The quantitative estimate of drug-likeness (QED) is 0.861. The number of nitrogens with zero attached hydrogens (tertiary/aromatic N) is 2. The molecule has 0 aliphatic carbocycles. The number of pyridine rings is 1. The van der Waals surface area contributed by atoms with Crippen LogP contribution in [0.3, 0.4) is 0 Å². The Bertz CT molecular complexity index is 537. The van der Waals surface area contributed by atoms with E-state index >= 15 is 0 Å². The molecule has 20 heavy (non-hydrogen) atoms. The fraction of sp³-hybridized carbons (Fsp3) is 0.300. The van der Waals surface area contributed by atoms with Crippen molar-refractivity contribution in [1.29, 1.82) is 0 Å². The number of carbonyl (C=O) groups is 2. The summed E-state index contributed by atoms with van der Waals surface area (Å²) in [4.78, 5) is 26.1. The lowest BCUT2D eigenvalue weighted by Crippen LogP contribution is -2.42. The Labute approximate surface area is 120 Å². The van der Waals surface area contributed by atoms with Gasteiger partial charge >= 0.3 is 12.1 Å². The van der Waals surface area contributed by atoms with Crippen LogP contribution >= 0.6 is 23.2 Å². The molecule has 0 bridgehead atoms. The molecule has 1 N–H and O–H groups in total. The average Bonchev–Trinajstić information content (AvgIpc) is 2.28. The maximum absolute atomic E-state index is 12.4. The van der Waals surface area contributed by atoms with Crippen LogP contribution in [-0.4, -0.2) is 46.1 Å². The van der Waals surface area contributed by atoms with Crippen molar-refractivity contribution < 1.29 is 27.9 Å². The third kappa shape index (κ3) is 4.86. The van der Waals surface area contributed by atoms with Gasteiger partial charge in [-0.2, -0.15) is 13.2 Å². The van der Waals surface area contributed by atoms with Gasteiger partial charge in [-0.3, -0.25) is 9.59 Å². The van der Waals surface area contributed by atoms with Crippen LogP contribution in [0, 0.1) is 0 Å². The van der Waals surface area contributed by atoms with E-state index in [1.54, 1.807) is 0 Å². The lowest BCUT2D eigenvalue weighted by Gasteiger charge is -2.22. The standard InChI is InChI=1S/C10H7Cl2F3N2O3/c11-6-2-16-7(12)1-5(6)9(20)17(3-8(18)19)4-10(13,14)15/h1-2H,3-4H2,(H,18,19). The van der Waals surface area contributed by atoms with Crippen molar-refractivity contribution in [2.24, 2.45) is 0 Å². The van der Waals surface area contributed by atoms with Gasteiger partial charge in [0, 0.05) is 6.20 Å². The minimum Gasteiger partial charge on any atom is -0.480 e. The van der Waals surface area contributed by atoms with E-state index in [0.29, 0.717) is 0 Å². The molecular formula is C10H7Cl2F3N2O3. The van der Waals surface area contributed by atoms with Crippen LogP contribution in [0.15, 0.2) is 12.3 Å². The van der Waals surface area contributed by atoms with Gasteiger partial charge in [-0.25, -0.2) is 4.98 Å². The number of amides is 1. The minimum absolute atomic E-state index is 0.111. The van der Waals surface area contributed by atoms with Crippen LogP contribution in [-0.2, 0) is 4.79 Å². The molecule has 0 unspecified atom stereocenters. The second kappa shape index (κ2) is 6.27. The molecule has 0 saturated carbocycles. The Morgan fingerprint density at radius 2 is 1.95 bits per heavy atom. The zero-order chi connectivity index (χ0) is 15.5. The van der Waals surface area contributed by atoms with Gasteiger partial charge in [0.2, 0.25) is 0 Å². The number of carboxylic acid groups (broad SMARTS) is 1. The van der Waals surface area contributed by atoms with Gasteiger partial charge in [-0.05, 0) is 6.07 Å². The Hall–Kier alpha value is -1.54. The Balaban J connectivity index is 3.09. The lowest BCUT2D eigenvalue weighted by atomic mass is 10.2. The predicted octanol–water partition coefficient (Wildman–Crippen LogP) is 2.48. The van der Waals surface area contributed by atoms with E-state index in [4.69, 9.17) is 28.3 Å². The van der Waals surface area contributed by atoms with E-state index < -0.39 is 31.1 Å². The molecule has 1 amide bonds. The van der Waals surface area contributed by atoms with Gasteiger partial charge in [0.05, 0.1) is 10.6 Å². The SMILES string of the molecule is O=C(O)CN(CC(F)(F)F)C(=O)c1cc(Cl)ncc1Cl. The van der Waals surface area contributed by atoms with Gasteiger partial charge in [0.25, 0.3) is 5.91 Å². The minimum atomic E-state index is -4.74. The summed E-state index contributed by atoms with van der Waals surface area (Å²) in [7, 11) is 0. The lowest BCUT2D eigenvalue weighted by molar-refractivity contribution is -0.149. The maximum atomic E-state index is 12.4. The fourth-order valence-electron chi connectivity index (χ4n) is 1.33. The summed E-state index contributed by atoms with van der Waals surface area (Å²) in [6.07, 6.45) is -3.75. The number of halogens is 5. The first-order valence-corrected chi connectivity index (χ1v) is 5.74. The molecule has 1 rings (SSSR count). The molecular weight excluding hydrogens is 324 g/mol. The highest BCUT2D eigenvalue weighted by atomic mass is 35.5. The predicted molar refractivity (Wildman–Crippen MR) is 63.9 cm³/mol. The van der Waals surface area contributed by atoms with E-state index in [0.717, 1.165) is 12.3 Å². The zero-order valence-electron chi connectivity index (χ0n) is 9.62. The zero-order valence-corrected chi connectivity index (χ0v) is 11.1. The molecule has 0 aliphatic rings. The summed E-state index contributed by atoms with van der Waals surface area (Å²) in [6.45, 7) is -2.83. The van der Waals surface area contributed by atoms with Gasteiger partial charge in [0.1, 0.15) is 18.2 Å². The highest BCUT2D eigenvalue weighted by Gasteiger charge is 2.35. The molecule has 5 nitrogen and oxygen atoms in total. The molecule has 1 aromatic rings. The monoisotopic (exact) mass is 330 g/mol. The molecule has 0 radical (unpaired) electrons. The van der Waals surface area contributed by atoms with Crippen LogP contribution in [0.1, 0.15) is 10.4 Å². The van der Waals surface area contributed by atoms with Crippen molar-refractivity contribution in [3.8, 4) is 0 Å². The molecule has 0 aliphatic heterocycles. The van der Waals surface area contributed by atoms with E-state index in [1.165, 1.54) is 0 Å². The molecule has 10 heteroatoms. The van der Waals surface area contributed by atoms with Crippen LogP contribution in [0.2, 0.25) is 10.2 Å². The van der Waals surface area contributed by atoms with Gasteiger partial charge in [0.15, 0.2) is 0 Å². The number of aromatic nitrogens is 1. The van der Waals surface area contributed by atoms with Crippen LogP contribution < -0.4 is 0 Å². The molecule has 0 aromatic carbocycles. The number of aliphatic carboxylic acids is 1. The highest BCUT2D eigenvalue weighted by Crippen LogP contribution is 2.22. The van der Waals surface area contributed by atoms with Crippen molar-refractivity contribution in [3.63, 3.8) is 0 Å². The highest BCUT2D eigenvalue weighted by molar-refractivity contribution is 6.35. The van der Waals surface area contributed by atoms with E-state index in [1.807, 2.05) is 0 Å². The number of rotatable bonds is 4. The van der Waals surface area contributed by atoms with Crippen molar-refractivity contribution in [1.82, 2.24) is 9.88 Å². The van der Waals surface area contributed by atoms with E-state index in [-0.39, 0.29) is 20.6 Å². The average molecular weight is 331 g/mol. The summed E-state index contributed by atoms with van der Waals surface area (Å²) in [5.74, 6) is -2.78. The number of carbonyl (C=O) groups excluding carboxylic acids is 1. The third-order valence-corrected chi connectivity index (χ3v) is 2.54. The summed E-state index contributed by atoms with van der Waals surface area (Å²) in [6, 6.07) is 0.970. The number of hydrogen-bond donors (Lipinski definition) is 1. The maximum Gasteiger partial charge on any atom is 0.406 e. The second-order valence-corrected chi connectivity index (χ2v) is 4.45. The van der Waals surface area contributed by atoms with E-state index in [2.05, 4.69) is 4.98 Å².